The monoisotopic (exact) mass is 442 g/mol. The fraction of sp³-hybridized carbons (Fsp3) is 0.933. The van der Waals surface area contributed by atoms with Crippen molar-refractivity contribution in [1.29, 1.82) is 0 Å². The summed E-state index contributed by atoms with van der Waals surface area (Å²) in [6.07, 6.45) is 0.302. The summed E-state index contributed by atoms with van der Waals surface area (Å²) in [6.45, 7) is 8.11. The minimum absolute atomic E-state index is 0.114. The van der Waals surface area contributed by atoms with Gasteiger partial charge in [-0.2, -0.15) is 0 Å². The van der Waals surface area contributed by atoms with Gasteiger partial charge in [-0.25, -0.2) is 0 Å². The lowest BCUT2D eigenvalue weighted by Gasteiger charge is -2.58. The fourth-order valence-electron chi connectivity index (χ4n) is 4.87. The Morgan fingerprint density at radius 1 is 1.33 bits per heavy atom. The highest BCUT2D eigenvalue weighted by Gasteiger charge is 2.79. The van der Waals surface area contributed by atoms with Gasteiger partial charge in [-0.15, -0.1) is 11.6 Å². The Kier molecular flexibility index (Phi) is 3.55. The Hall–Kier alpha value is 0.840. The fourth-order valence-corrected chi connectivity index (χ4v) is 6.64. The van der Waals surface area contributed by atoms with Crippen LogP contribution in [0.15, 0.2) is 0 Å². The van der Waals surface area contributed by atoms with E-state index in [0.717, 1.165) is 6.42 Å². The van der Waals surface area contributed by atoms with Crippen LogP contribution in [0.5, 0.6) is 0 Å². The predicted molar refractivity (Wildman–Crippen MR) is 89.1 cm³/mol. The minimum Gasteiger partial charge on any atom is -0.385 e. The smallest absolute Gasteiger partial charge is 0.204 e. The van der Waals surface area contributed by atoms with E-state index in [9.17, 15) is 9.90 Å². The molecule has 1 N–H and O–H groups in total. The number of carbonyl (C=O) groups is 1. The first kappa shape index (κ1) is 16.7. The van der Waals surface area contributed by atoms with Crippen molar-refractivity contribution >= 4 is 49.2 Å². The summed E-state index contributed by atoms with van der Waals surface area (Å²) in [5.41, 5.74) is -0.702. The molecule has 1 spiro atoms. The molecule has 3 nitrogen and oxygen atoms in total. The largest absolute Gasteiger partial charge is 0.385 e. The van der Waals surface area contributed by atoms with Crippen molar-refractivity contribution in [1.82, 2.24) is 0 Å². The molecule has 2 aliphatic carbocycles. The summed E-state index contributed by atoms with van der Waals surface area (Å²) in [5.74, 6) is -0.423. The molecule has 0 aromatic carbocycles. The Bertz CT molecular complexity index is 509. The topological polar surface area (TPSA) is 46.5 Å². The average Bonchev–Trinajstić information content (AvgIpc) is 2.50. The SMILES string of the molecule is C[C@H]1[C@@H](O)C(=O)[C@@]2(Br)O[C@@H]3C[C@@](C)(Cl)[C@H](Br)C[C@]31C2(C)C. The first-order chi connectivity index (χ1) is 9.42. The van der Waals surface area contributed by atoms with Gasteiger partial charge in [0.1, 0.15) is 6.10 Å². The maximum Gasteiger partial charge on any atom is 0.204 e. The highest BCUT2D eigenvalue weighted by molar-refractivity contribution is 9.10. The molecule has 0 unspecified atom stereocenters. The zero-order chi connectivity index (χ0) is 16.0. The van der Waals surface area contributed by atoms with Crippen LogP contribution in [0.2, 0.25) is 0 Å². The number of aliphatic hydroxyl groups excluding tert-OH is 1. The quantitative estimate of drug-likeness (QED) is 0.581. The van der Waals surface area contributed by atoms with E-state index in [2.05, 4.69) is 45.7 Å². The Morgan fingerprint density at radius 3 is 2.48 bits per heavy atom. The van der Waals surface area contributed by atoms with E-state index in [4.69, 9.17) is 16.3 Å². The van der Waals surface area contributed by atoms with Crippen molar-refractivity contribution in [3.63, 3.8) is 0 Å². The number of rotatable bonds is 0. The van der Waals surface area contributed by atoms with E-state index in [1.807, 2.05) is 13.8 Å². The summed E-state index contributed by atoms with van der Waals surface area (Å²) >= 11 is 13.9. The first-order valence-corrected chi connectivity index (χ1v) is 9.42. The molecule has 2 saturated carbocycles. The zero-order valence-corrected chi connectivity index (χ0v) is 16.5. The van der Waals surface area contributed by atoms with Crippen molar-refractivity contribution in [2.75, 3.05) is 0 Å². The molecular formula is C15H21Br2ClO3. The van der Waals surface area contributed by atoms with Crippen LogP contribution in [-0.4, -0.2) is 37.3 Å². The van der Waals surface area contributed by atoms with E-state index in [1.54, 1.807) is 0 Å². The number of carbonyl (C=O) groups excluding carboxylic acids is 1. The number of alkyl halides is 3. The number of Topliss-reactive ketones (excluding diaryl/α,β-unsaturated/α-hetero) is 1. The molecule has 0 radical (unpaired) electrons. The zero-order valence-electron chi connectivity index (χ0n) is 12.6. The van der Waals surface area contributed by atoms with Crippen molar-refractivity contribution in [3.8, 4) is 0 Å². The molecule has 0 aromatic heterocycles. The third-order valence-electron chi connectivity index (χ3n) is 6.47. The molecule has 21 heavy (non-hydrogen) atoms. The molecule has 3 rings (SSSR count). The van der Waals surface area contributed by atoms with Gasteiger partial charge in [-0.3, -0.25) is 4.79 Å². The number of ether oxygens (including phenoxy) is 1. The number of fused-ring (bicyclic) bond motifs is 1. The third kappa shape index (κ3) is 1.71. The van der Waals surface area contributed by atoms with Gasteiger partial charge in [0, 0.05) is 15.7 Å². The van der Waals surface area contributed by atoms with Gasteiger partial charge in [0.15, 0.2) is 4.51 Å². The number of hydrogen-bond donors (Lipinski definition) is 1. The minimum atomic E-state index is -1.12. The average molecular weight is 445 g/mol. The van der Waals surface area contributed by atoms with Crippen LogP contribution in [0.4, 0.5) is 0 Å². The van der Waals surface area contributed by atoms with E-state index in [-0.39, 0.29) is 28.0 Å². The van der Waals surface area contributed by atoms with Gasteiger partial charge in [0.25, 0.3) is 0 Å². The van der Waals surface area contributed by atoms with Crippen LogP contribution in [0.1, 0.15) is 40.5 Å². The second-order valence-corrected chi connectivity index (χ2v) is 10.7. The molecule has 1 heterocycles. The Labute approximate surface area is 147 Å². The number of halogens is 3. The number of hydrogen-bond acceptors (Lipinski definition) is 3. The summed E-state index contributed by atoms with van der Waals surface area (Å²) in [4.78, 5) is 12.3. The molecule has 0 amide bonds. The maximum absolute atomic E-state index is 12.6. The summed E-state index contributed by atoms with van der Waals surface area (Å²) in [7, 11) is 0. The third-order valence-corrected chi connectivity index (χ3v) is 10.1. The lowest BCUT2D eigenvalue weighted by Crippen LogP contribution is -2.66. The van der Waals surface area contributed by atoms with Crippen molar-refractivity contribution in [3.05, 3.63) is 0 Å². The van der Waals surface area contributed by atoms with E-state index < -0.39 is 20.9 Å². The van der Waals surface area contributed by atoms with E-state index in [0.29, 0.717) is 6.42 Å². The van der Waals surface area contributed by atoms with Gasteiger partial charge in [-0.1, -0.05) is 36.7 Å². The Balaban J connectivity index is 2.19. The molecule has 1 saturated heterocycles. The lowest BCUT2D eigenvalue weighted by atomic mass is 9.47. The molecule has 3 fully saturated rings. The van der Waals surface area contributed by atoms with E-state index in [1.165, 1.54) is 0 Å². The van der Waals surface area contributed by atoms with E-state index >= 15 is 0 Å². The van der Waals surface area contributed by atoms with Crippen molar-refractivity contribution in [2.45, 2.75) is 67.0 Å². The molecule has 6 heteroatoms. The standard InChI is InChI=1S/C15H21Br2ClO3/c1-7-10(19)11(20)15(17)12(2,3)14(7)5-8(16)13(4,18)6-9(14)21-15/h7-10,19H,5-6H2,1-4H3/t7-,8+,9+,10+,13+,14+,15+/m0/s1. The van der Waals surface area contributed by atoms with Gasteiger partial charge >= 0.3 is 0 Å². The molecular weight excluding hydrogens is 423 g/mol. The highest BCUT2D eigenvalue weighted by atomic mass is 79.9. The second-order valence-electron chi connectivity index (χ2n) is 7.62. The normalized spacial score (nSPS) is 59.0. The molecule has 120 valence electrons. The van der Waals surface area contributed by atoms with Gasteiger partial charge < -0.3 is 9.84 Å². The Morgan fingerprint density at radius 2 is 1.90 bits per heavy atom. The van der Waals surface area contributed by atoms with Gasteiger partial charge in [0.2, 0.25) is 5.78 Å². The summed E-state index contributed by atoms with van der Waals surface area (Å²) in [6, 6.07) is 0. The molecule has 0 aromatic rings. The second kappa shape index (κ2) is 4.47. The molecule has 7 atom stereocenters. The van der Waals surface area contributed by atoms with Crippen LogP contribution in [-0.2, 0) is 9.53 Å². The van der Waals surface area contributed by atoms with Crippen molar-refractivity contribution in [2.24, 2.45) is 16.7 Å². The van der Waals surface area contributed by atoms with Crippen LogP contribution >= 0.6 is 43.5 Å². The number of ketones is 1. The molecule has 3 aliphatic rings. The molecule has 2 bridgehead atoms. The van der Waals surface area contributed by atoms with Crippen LogP contribution in [0.25, 0.3) is 0 Å². The number of aliphatic hydroxyl groups is 1. The van der Waals surface area contributed by atoms with Crippen LogP contribution in [0.3, 0.4) is 0 Å². The first-order valence-electron chi connectivity index (χ1n) is 7.34. The lowest BCUT2D eigenvalue weighted by molar-refractivity contribution is -0.159. The highest BCUT2D eigenvalue weighted by Crippen LogP contribution is 2.73. The maximum atomic E-state index is 12.6. The summed E-state index contributed by atoms with van der Waals surface area (Å²) in [5, 5.41) is 10.5. The predicted octanol–water partition coefficient (Wildman–Crippen LogP) is 3.62. The van der Waals surface area contributed by atoms with Crippen molar-refractivity contribution < 1.29 is 14.6 Å². The van der Waals surface area contributed by atoms with Crippen LogP contribution in [0, 0.1) is 16.7 Å². The van der Waals surface area contributed by atoms with Gasteiger partial charge in [0.05, 0.1) is 11.0 Å². The van der Waals surface area contributed by atoms with Gasteiger partial charge in [-0.05, 0) is 41.6 Å². The van der Waals surface area contributed by atoms with Crippen LogP contribution < -0.4 is 0 Å². The molecule has 1 aliphatic heterocycles. The summed E-state index contributed by atoms with van der Waals surface area (Å²) < 4.78 is 5.10.